The smallest absolute Gasteiger partial charge is 0.169 e. The number of ketones is 1. The largest absolute Gasteiger partial charge is 0.294 e. The minimum atomic E-state index is 0.0822. The second-order valence-electron chi connectivity index (χ2n) is 4.33. The molecule has 0 radical (unpaired) electrons. The fraction of sp³-hybridized carbons (Fsp3) is 0.286. The zero-order chi connectivity index (χ0) is 14.0. The van der Waals surface area contributed by atoms with E-state index in [4.69, 9.17) is 0 Å². The third-order valence-corrected chi connectivity index (χ3v) is 4.14. The van der Waals surface area contributed by atoms with Crippen LogP contribution in [0.5, 0.6) is 0 Å². The van der Waals surface area contributed by atoms with Crippen LogP contribution in [-0.2, 0) is 19.9 Å². The molecule has 0 N–H and O–H groups in total. The van der Waals surface area contributed by atoms with Gasteiger partial charge in [0.15, 0.2) is 5.78 Å². The van der Waals surface area contributed by atoms with Crippen molar-refractivity contribution in [2.24, 2.45) is 7.05 Å². The van der Waals surface area contributed by atoms with Crippen LogP contribution in [0.15, 0.2) is 33.2 Å². The highest BCUT2D eigenvalue weighted by Crippen LogP contribution is 2.23. The molecule has 0 saturated heterocycles. The maximum absolute atomic E-state index is 12.3. The van der Waals surface area contributed by atoms with E-state index in [9.17, 15) is 4.79 Å². The van der Waals surface area contributed by atoms with Crippen LogP contribution in [0.4, 0.5) is 0 Å². The van der Waals surface area contributed by atoms with E-state index in [-0.39, 0.29) is 5.78 Å². The molecule has 0 saturated carbocycles. The number of aryl methyl sites for hydroxylation is 2. The molecule has 0 aliphatic carbocycles. The molecule has 1 aromatic carbocycles. The second-order valence-corrected chi connectivity index (χ2v) is 6.10. The van der Waals surface area contributed by atoms with Crippen LogP contribution < -0.4 is 0 Å². The molecule has 0 aliphatic heterocycles. The molecule has 0 aliphatic rings. The van der Waals surface area contributed by atoms with E-state index in [2.05, 4.69) is 43.9 Å². The molecule has 0 fully saturated rings. The quantitative estimate of drug-likeness (QED) is 0.747. The van der Waals surface area contributed by atoms with Gasteiger partial charge in [-0.25, -0.2) is 0 Å². The Balaban J connectivity index is 2.25. The van der Waals surface area contributed by atoms with E-state index in [1.54, 1.807) is 4.68 Å². The SMILES string of the molecule is CCc1cc(CC(=O)c2cc(Br)ccc2Br)n(C)n1. The highest BCUT2D eigenvalue weighted by molar-refractivity contribution is 9.11. The van der Waals surface area contributed by atoms with Crippen molar-refractivity contribution >= 4 is 37.6 Å². The van der Waals surface area contributed by atoms with Crippen LogP contribution in [0, 0.1) is 0 Å². The lowest BCUT2D eigenvalue weighted by Gasteiger charge is -2.05. The van der Waals surface area contributed by atoms with Crippen LogP contribution in [0.1, 0.15) is 28.7 Å². The molecule has 0 unspecified atom stereocenters. The molecule has 0 spiro atoms. The number of benzene rings is 1. The standard InChI is InChI=1S/C14H14Br2N2O/c1-3-10-7-11(18(2)17-10)8-14(19)12-6-9(15)4-5-13(12)16/h4-7H,3,8H2,1-2H3. The Morgan fingerprint density at radius 1 is 1.32 bits per heavy atom. The number of carbonyl (C=O) groups excluding carboxylic acids is 1. The molecule has 2 aromatic rings. The van der Waals surface area contributed by atoms with Crippen molar-refractivity contribution in [3.8, 4) is 0 Å². The van der Waals surface area contributed by atoms with Gasteiger partial charge in [0.2, 0.25) is 0 Å². The van der Waals surface area contributed by atoms with Crippen LogP contribution in [0.2, 0.25) is 0 Å². The average Bonchev–Trinajstić information content (AvgIpc) is 2.73. The molecule has 5 heteroatoms. The first-order valence-corrected chi connectivity index (χ1v) is 7.60. The minimum Gasteiger partial charge on any atom is -0.294 e. The summed E-state index contributed by atoms with van der Waals surface area (Å²) >= 11 is 6.81. The maximum atomic E-state index is 12.3. The van der Waals surface area contributed by atoms with Crippen LogP contribution >= 0.6 is 31.9 Å². The number of aromatic nitrogens is 2. The first kappa shape index (κ1) is 14.5. The maximum Gasteiger partial charge on any atom is 0.169 e. The summed E-state index contributed by atoms with van der Waals surface area (Å²) in [5.41, 5.74) is 2.64. The summed E-state index contributed by atoms with van der Waals surface area (Å²) in [6.45, 7) is 2.05. The topological polar surface area (TPSA) is 34.9 Å². The fourth-order valence-corrected chi connectivity index (χ4v) is 2.71. The molecule has 0 atom stereocenters. The lowest BCUT2D eigenvalue weighted by Crippen LogP contribution is -2.08. The Labute approximate surface area is 129 Å². The molecular weight excluding hydrogens is 372 g/mol. The van der Waals surface area contributed by atoms with Crippen molar-refractivity contribution in [2.75, 3.05) is 0 Å². The number of rotatable bonds is 4. The summed E-state index contributed by atoms with van der Waals surface area (Å²) in [4.78, 5) is 12.3. The van der Waals surface area contributed by atoms with Gasteiger partial charge in [0.05, 0.1) is 12.1 Å². The fourth-order valence-electron chi connectivity index (χ4n) is 1.88. The van der Waals surface area contributed by atoms with E-state index < -0.39 is 0 Å². The van der Waals surface area contributed by atoms with Crippen molar-refractivity contribution in [1.29, 1.82) is 0 Å². The van der Waals surface area contributed by atoms with E-state index in [0.29, 0.717) is 12.0 Å². The first-order chi connectivity index (χ1) is 9.01. The summed E-state index contributed by atoms with van der Waals surface area (Å²) in [6.07, 6.45) is 1.24. The summed E-state index contributed by atoms with van der Waals surface area (Å²) in [6, 6.07) is 7.60. The van der Waals surface area contributed by atoms with Crippen LogP contribution in [-0.4, -0.2) is 15.6 Å². The van der Waals surface area contributed by atoms with E-state index in [0.717, 1.165) is 26.8 Å². The zero-order valence-corrected chi connectivity index (χ0v) is 14.0. The molecule has 3 nitrogen and oxygen atoms in total. The van der Waals surface area contributed by atoms with E-state index in [1.807, 2.05) is 31.3 Å². The molecule has 2 rings (SSSR count). The highest BCUT2D eigenvalue weighted by atomic mass is 79.9. The summed E-state index contributed by atoms with van der Waals surface area (Å²) < 4.78 is 3.50. The Hall–Kier alpha value is -0.940. The van der Waals surface area contributed by atoms with E-state index >= 15 is 0 Å². The van der Waals surface area contributed by atoms with Gasteiger partial charge in [-0.05, 0) is 30.7 Å². The zero-order valence-electron chi connectivity index (χ0n) is 10.8. The predicted molar refractivity (Wildman–Crippen MR) is 82.5 cm³/mol. The third kappa shape index (κ3) is 3.34. The van der Waals surface area contributed by atoms with Gasteiger partial charge in [0, 0.05) is 27.3 Å². The molecule has 19 heavy (non-hydrogen) atoms. The lowest BCUT2D eigenvalue weighted by molar-refractivity contribution is 0.0990. The Kier molecular flexibility index (Phi) is 4.58. The number of carbonyl (C=O) groups is 1. The Bertz CT molecular complexity index is 620. The number of hydrogen-bond donors (Lipinski definition) is 0. The molecule has 100 valence electrons. The van der Waals surface area contributed by atoms with Crippen LogP contribution in [0.3, 0.4) is 0 Å². The molecule has 0 bridgehead atoms. The van der Waals surface area contributed by atoms with Crippen molar-refractivity contribution in [3.63, 3.8) is 0 Å². The van der Waals surface area contributed by atoms with Crippen molar-refractivity contribution < 1.29 is 4.79 Å². The number of hydrogen-bond acceptors (Lipinski definition) is 2. The summed E-state index contributed by atoms with van der Waals surface area (Å²) in [5.74, 6) is 0.0822. The summed E-state index contributed by atoms with van der Waals surface area (Å²) in [5, 5.41) is 4.36. The molecule has 0 amide bonds. The van der Waals surface area contributed by atoms with Gasteiger partial charge in [0.1, 0.15) is 0 Å². The van der Waals surface area contributed by atoms with Crippen molar-refractivity contribution in [1.82, 2.24) is 9.78 Å². The van der Waals surface area contributed by atoms with Gasteiger partial charge < -0.3 is 0 Å². The minimum absolute atomic E-state index is 0.0822. The normalized spacial score (nSPS) is 10.7. The lowest BCUT2D eigenvalue weighted by atomic mass is 10.1. The molecule has 1 heterocycles. The first-order valence-electron chi connectivity index (χ1n) is 6.01. The highest BCUT2D eigenvalue weighted by Gasteiger charge is 2.14. The van der Waals surface area contributed by atoms with Crippen LogP contribution in [0.25, 0.3) is 0 Å². The number of halogens is 2. The van der Waals surface area contributed by atoms with Gasteiger partial charge in [-0.15, -0.1) is 0 Å². The molecule has 1 aromatic heterocycles. The third-order valence-electron chi connectivity index (χ3n) is 2.96. The Morgan fingerprint density at radius 2 is 2.05 bits per heavy atom. The van der Waals surface area contributed by atoms with Gasteiger partial charge >= 0.3 is 0 Å². The monoisotopic (exact) mass is 384 g/mol. The number of Topliss-reactive ketones (excluding diaryl/α,β-unsaturated/α-hetero) is 1. The van der Waals surface area contributed by atoms with Gasteiger partial charge in [0.25, 0.3) is 0 Å². The van der Waals surface area contributed by atoms with Gasteiger partial charge in [-0.2, -0.15) is 5.10 Å². The molecular formula is C14H14Br2N2O. The number of nitrogens with zero attached hydrogens (tertiary/aromatic N) is 2. The van der Waals surface area contributed by atoms with Gasteiger partial charge in [-0.1, -0.05) is 38.8 Å². The predicted octanol–water partition coefficient (Wildman–Crippen LogP) is 3.93. The van der Waals surface area contributed by atoms with Gasteiger partial charge in [-0.3, -0.25) is 9.48 Å². The second kappa shape index (κ2) is 6.01. The Morgan fingerprint density at radius 3 is 2.68 bits per heavy atom. The van der Waals surface area contributed by atoms with E-state index in [1.165, 1.54) is 0 Å². The summed E-state index contributed by atoms with van der Waals surface area (Å²) in [7, 11) is 1.87. The van der Waals surface area contributed by atoms with Crippen molar-refractivity contribution in [2.45, 2.75) is 19.8 Å². The average molecular weight is 386 g/mol. The van der Waals surface area contributed by atoms with Crippen molar-refractivity contribution in [3.05, 3.63) is 50.2 Å².